The lowest BCUT2D eigenvalue weighted by Gasteiger charge is -2.20. The second kappa shape index (κ2) is 6.33. The molecule has 0 aliphatic rings. The third-order valence-electron chi connectivity index (χ3n) is 2.65. The Kier molecular flexibility index (Phi) is 5.21. The summed E-state index contributed by atoms with van der Waals surface area (Å²) in [5.41, 5.74) is 5.40. The quantitative estimate of drug-likeness (QED) is 0.666. The van der Waals surface area contributed by atoms with E-state index in [9.17, 15) is 22.8 Å². The van der Waals surface area contributed by atoms with Crippen LogP contribution in [0.3, 0.4) is 0 Å². The van der Waals surface area contributed by atoms with Crippen molar-refractivity contribution >= 4 is 33.8 Å². The summed E-state index contributed by atoms with van der Waals surface area (Å²) in [6.45, 7) is 0.328. The van der Waals surface area contributed by atoms with Gasteiger partial charge in [-0.25, -0.2) is 4.79 Å². The number of carbonyl (C=O) groups is 2. The lowest BCUT2D eigenvalue weighted by Crippen LogP contribution is -2.31. The standard InChI is InChI=1S/C12H15F3N2O3S/c1-4-6(18)9-8(16)7(11(19)20-3)10(21-9)17(2)5-12(13,14)15/h4-5,16H2,1-3H3. The number of nitrogen functional groups attached to an aromatic ring is 1. The number of thiophene rings is 1. The van der Waals surface area contributed by atoms with Crippen LogP contribution in [0.15, 0.2) is 0 Å². The van der Waals surface area contributed by atoms with Gasteiger partial charge in [0.25, 0.3) is 0 Å². The SMILES string of the molecule is CCC(=O)c1sc(N(C)CC(F)(F)F)c(C(=O)OC)c1N. The number of hydrogen-bond donors (Lipinski definition) is 1. The van der Waals surface area contributed by atoms with Crippen molar-refractivity contribution in [1.29, 1.82) is 0 Å². The molecule has 9 heteroatoms. The van der Waals surface area contributed by atoms with Crippen LogP contribution in [0.25, 0.3) is 0 Å². The van der Waals surface area contributed by atoms with Crippen molar-refractivity contribution < 1.29 is 27.5 Å². The molecule has 0 bridgehead atoms. The molecular weight excluding hydrogens is 309 g/mol. The molecule has 0 saturated heterocycles. The number of carbonyl (C=O) groups excluding carboxylic acids is 2. The van der Waals surface area contributed by atoms with Gasteiger partial charge in [-0.15, -0.1) is 11.3 Å². The molecule has 0 fully saturated rings. The van der Waals surface area contributed by atoms with E-state index in [0.717, 1.165) is 23.3 Å². The van der Waals surface area contributed by atoms with Gasteiger partial charge in [-0.1, -0.05) is 6.92 Å². The second-order valence-corrected chi connectivity index (χ2v) is 5.26. The van der Waals surface area contributed by atoms with Crippen molar-refractivity contribution in [3.8, 4) is 0 Å². The maximum Gasteiger partial charge on any atom is 0.405 e. The van der Waals surface area contributed by atoms with Gasteiger partial charge in [0.2, 0.25) is 0 Å². The largest absolute Gasteiger partial charge is 0.465 e. The highest BCUT2D eigenvalue weighted by Crippen LogP contribution is 2.39. The van der Waals surface area contributed by atoms with E-state index in [1.807, 2.05) is 0 Å². The number of esters is 1. The van der Waals surface area contributed by atoms with E-state index in [-0.39, 0.29) is 33.3 Å². The maximum absolute atomic E-state index is 12.5. The normalized spacial score (nSPS) is 11.3. The molecule has 0 aliphatic carbocycles. The molecule has 0 saturated carbocycles. The Bertz CT molecular complexity index is 555. The van der Waals surface area contributed by atoms with Crippen LogP contribution in [-0.4, -0.2) is 38.6 Å². The molecule has 0 unspecified atom stereocenters. The zero-order chi connectivity index (χ0) is 16.4. The Labute approximate surface area is 123 Å². The van der Waals surface area contributed by atoms with Crippen LogP contribution in [0.1, 0.15) is 33.4 Å². The third kappa shape index (κ3) is 3.87. The van der Waals surface area contributed by atoms with Crippen molar-refractivity contribution in [2.24, 2.45) is 0 Å². The van der Waals surface area contributed by atoms with E-state index < -0.39 is 18.7 Å². The minimum absolute atomic E-state index is 0.0338. The number of halogens is 3. The monoisotopic (exact) mass is 324 g/mol. The predicted octanol–water partition coefficient (Wildman–Crippen LogP) is 2.71. The van der Waals surface area contributed by atoms with Crippen LogP contribution in [-0.2, 0) is 4.74 Å². The third-order valence-corrected chi connectivity index (χ3v) is 4.01. The lowest BCUT2D eigenvalue weighted by molar-refractivity contribution is -0.119. The van der Waals surface area contributed by atoms with Crippen LogP contribution in [0.5, 0.6) is 0 Å². The molecule has 1 rings (SSSR count). The van der Waals surface area contributed by atoms with Crippen LogP contribution in [0.2, 0.25) is 0 Å². The summed E-state index contributed by atoms with van der Waals surface area (Å²) >= 11 is 0.762. The molecule has 1 aromatic heterocycles. The Hall–Kier alpha value is -1.77. The summed E-state index contributed by atoms with van der Waals surface area (Å²) in [6.07, 6.45) is -4.32. The van der Waals surface area contributed by atoms with Crippen molar-refractivity contribution in [2.75, 3.05) is 31.3 Å². The minimum Gasteiger partial charge on any atom is -0.465 e. The zero-order valence-corrected chi connectivity index (χ0v) is 12.5. The van der Waals surface area contributed by atoms with Gasteiger partial charge in [0.05, 0.1) is 17.7 Å². The van der Waals surface area contributed by atoms with Gasteiger partial charge < -0.3 is 15.4 Å². The molecule has 21 heavy (non-hydrogen) atoms. The van der Waals surface area contributed by atoms with Crippen LogP contribution >= 0.6 is 11.3 Å². The molecule has 1 heterocycles. The first-order valence-electron chi connectivity index (χ1n) is 5.94. The van der Waals surface area contributed by atoms with Crippen LogP contribution < -0.4 is 10.6 Å². The molecule has 0 amide bonds. The van der Waals surface area contributed by atoms with E-state index in [1.54, 1.807) is 6.92 Å². The number of ether oxygens (including phenoxy) is 1. The molecule has 5 nitrogen and oxygen atoms in total. The first-order valence-corrected chi connectivity index (χ1v) is 6.75. The number of anilines is 2. The highest BCUT2D eigenvalue weighted by Gasteiger charge is 2.34. The first-order chi connectivity index (χ1) is 9.62. The van der Waals surface area contributed by atoms with Crippen molar-refractivity contribution in [1.82, 2.24) is 0 Å². The fourth-order valence-electron chi connectivity index (χ4n) is 1.71. The summed E-state index contributed by atoms with van der Waals surface area (Å²) in [7, 11) is 2.26. The van der Waals surface area contributed by atoms with Crippen LogP contribution in [0, 0.1) is 0 Å². The number of hydrogen-bond acceptors (Lipinski definition) is 6. The van der Waals surface area contributed by atoms with E-state index >= 15 is 0 Å². The Morgan fingerprint density at radius 2 is 1.95 bits per heavy atom. The second-order valence-electron chi connectivity index (χ2n) is 4.26. The van der Waals surface area contributed by atoms with E-state index in [0.29, 0.717) is 0 Å². The van der Waals surface area contributed by atoms with Gasteiger partial charge >= 0.3 is 12.1 Å². The van der Waals surface area contributed by atoms with Gasteiger partial charge in [0, 0.05) is 13.5 Å². The molecule has 0 spiro atoms. The average molecular weight is 324 g/mol. The Morgan fingerprint density at radius 1 is 1.38 bits per heavy atom. The fourth-order valence-corrected chi connectivity index (χ4v) is 2.89. The molecular formula is C12H15F3N2O3S. The number of methoxy groups -OCH3 is 1. The summed E-state index contributed by atoms with van der Waals surface area (Å²) in [6, 6.07) is 0. The summed E-state index contributed by atoms with van der Waals surface area (Å²) in [5.74, 6) is -1.21. The van der Waals surface area contributed by atoms with Gasteiger partial charge in [0.15, 0.2) is 5.78 Å². The molecule has 0 atom stereocenters. The number of nitrogens with zero attached hydrogens (tertiary/aromatic N) is 1. The zero-order valence-electron chi connectivity index (χ0n) is 11.7. The molecule has 0 radical (unpaired) electrons. The minimum atomic E-state index is -4.45. The van der Waals surface area contributed by atoms with Crippen molar-refractivity contribution in [2.45, 2.75) is 19.5 Å². The summed E-state index contributed by atoms with van der Waals surface area (Å²) < 4.78 is 42.0. The van der Waals surface area contributed by atoms with Gasteiger partial charge in [0.1, 0.15) is 17.1 Å². The van der Waals surface area contributed by atoms with Crippen molar-refractivity contribution in [3.63, 3.8) is 0 Å². The highest BCUT2D eigenvalue weighted by molar-refractivity contribution is 7.19. The topological polar surface area (TPSA) is 72.6 Å². The molecule has 0 aromatic carbocycles. The Morgan fingerprint density at radius 3 is 2.38 bits per heavy atom. The number of Topliss-reactive ketones (excluding diaryl/α,β-unsaturated/α-hetero) is 1. The van der Waals surface area contributed by atoms with Crippen molar-refractivity contribution in [3.05, 3.63) is 10.4 Å². The van der Waals surface area contributed by atoms with E-state index in [4.69, 9.17) is 5.73 Å². The summed E-state index contributed by atoms with van der Waals surface area (Å²) in [4.78, 5) is 24.4. The summed E-state index contributed by atoms with van der Waals surface area (Å²) in [5, 5.41) is -0.0338. The fraction of sp³-hybridized carbons (Fsp3) is 0.500. The van der Waals surface area contributed by atoms with Crippen LogP contribution in [0.4, 0.5) is 23.9 Å². The number of alkyl halides is 3. The number of ketones is 1. The van der Waals surface area contributed by atoms with Gasteiger partial charge in [-0.2, -0.15) is 13.2 Å². The number of nitrogens with two attached hydrogens (primary N) is 1. The van der Waals surface area contributed by atoms with E-state index in [1.165, 1.54) is 7.05 Å². The average Bonchev–Trinajstić information content (AvgIpc) is 2.73. The van der Waals surface area contributed by atoms with Gasteiger partial charge in [-0.05, 0) is 0 Å². The molecule has 1 aromatic rings. The predicted molar refractivity (Wildman–Crippen MR) is 74.0 cm³/mol. The molecule has 2 N–H and O–H groups in total. The highest BCUT2D eigenvalue weighted by atomic mass is 32.1. The van der Waals surface area contributed by atoms with E-state index in [2.05, 4.69) is 4.74 Å². The Balaban J connectivity index is 3.35. The molecule has 0 aliphatic heterocycles. The molecule has 118 valence electrons. The number of rotatable bonds is 5. The lowest BCUT2D eigenvalue weighted by atomic mass is 10.1. The maximum atomic E-state index is 12.5. The smallest absolute Gasteiger partial charge is 0.405 e. The van der Waals surface area contributed by atoms with Gasteiger partial charge in [-0.3, -0.25) is 4.79 Å². The first kappa shape index (κ1) is 17.3.